The number of ether oxygens (including phenoxy) is 1. The van der Waals surface area contributed by atoms with Crippen LogP contribution >= 0.6 is 11.8 Å². The Balaban J connectivity index is 1.88. The number of phenolic OH excluding ortho intramolecular Hbond substituents is 1. The van der Waals surface area contributed by atoms with Gasteiger partial charge in [-0.15, -0.1) is 11.8 Å². The van der Waals surface area contributed by atoms with Crippen molar-refractivity contribution in [3.63, 3.8) is 0 Å². The number of phenols is 1. The maximum Gasteiger partial charge on any atom is 0.245 e. The van der Waals surface area contributed by atoms with Crippen molar-refractivity contribution in [1.29, 1.82) is 0 Å². The molecule has 1 N–H and O–H groups in total. The van der Waals surface area contributed by atoms with Crippen LogP contribution in [0.4, 0.5) is 11.4 Å². The minimum Gasteiger partial charge on any atom is -0.507 e. The van der Waals surface area contributed by atoms with E-state index in [9.17, 15) is 13.5 Å². The first-order chi connectivity index (χ1) is 16.9. The lowest BCUT2D eigenvalue weighted by molar-refractivity contribution is 0.300. The van der Waals surface area contributed by atoms with Gasteiger partial charge < -0.3 is 14.7 Å². The third-order valence-electron chi connectivity index (χ3n) is 6.39. The van der Waals surface area contributed by atoms with Crippen LogP contribution in [0.1, 0.15) is 31.7 Å². The Kier molecular flexibility index (Phi) is 7.94. The van der Waals surface area contributed by atoms with Gasteiger partial charge in [0.2, 0.25) is 10.0 Å². The summed E-state index contributed by atoms with van der Waals surface area (Å²) in [6, 6.07) is 20.3. The van der Waals surface area contributed by atoms with E-state index in [4.69, 9.17) is 4.74 Å². The van der Waals surface area contributed by atoms with Crippen molar-refractivity contribution < 1.29 is 18.3 Å². The van der Waals surface area contributed by atoms with Gasteiger partial charge >= 0.3 is 0 Å². The molecule has 0 bridgehead atoms. The van der Waals surface area contributed by atoms with Crippen molar-refractivity contribution in [2.45, 2.75) is 48.6 Å². The lowest BCUT2D eigenvalue weighted by Crippen LogP contribution is -2.43. The van der Waals surface area contributed by atoms with Crippen molar-refractivity contribution in [2.24, 2.45) is 0 Å². The number of aromatic hydroxyl groups is 1. The van der Waals surface area contributed by atoms with Crippen molar-refractivity contribution >= 4 is 33.2 Å². The molecule has 8 heteroatoms. The van der Waals surface area contributed by atoms with Crippen LogP contribution in [-0.4, -0.2) is 43.8 Å². The zero-order valence-corrected chi connectivity index (χ0v) is 22.0. The van der Waals surface area contributed by atoms with E-state index in [0.717, 1.165) is 36.3 Å². The molecule has 0 aromatic heterocycles. The van der Waals surface area contributed by atoms with Gasteiger partial charge in [0.1, 0.15) is 16.4 Å². The molecule has 3 aromatic carbocycles. The predicted molar refractivity (Wildman–Crippen MR) is 142 cm³/mol. The molecule has 6 nitrogen and oxygen atoms in total. The summed E-state index contributed by atoms with van der Waals surface area (Å²) in [5, 5.41) is 10.7. The van der Waals surface area contributed by atoms with Gasteiger partial charge in [-0.2, -0.15) is 4.31 Å². The second-order valence-corrected chi connectivity index (χ2v) is 11.3. The average Bonchev–Trinajstić information content (AvgIpc) is 2.96. The van der Waals surface area contributed by atoms with Crippen molar-refractivity contribution in [3.05, 3.63) is 72.3 Å². The van der Waals surface area contributed by atoms with Crippen LogP contribution in [0.25, 0.3) is 0 Å². The van der Waals surface area contributed by atoms with Crippen LogP contribution < -0.4 is 9.64 Å². The zero-order valence-electron chi connectivity index (χ0n) is 20.3. The Labute approximate surface area is 212 Å². The second kappa shape index (κ2) is 10.9. The second-order valence-electron chi connectivity index (χ2n) is 8.63. The van der Waals surface area contributed by atoms with Crippen molar-refractivity contribution in [3.8, 4) is 11.5 Å². The van der Waals surface area contributed by atoms with Crippen molar-refractivity contribution in [2.75, 3.05) is 24.8 Å². The highest BCUT2D eigenvalue weighted by Crippen LogP contribution is 2.43. The average molecular weight is 513 g/mol. The summed E-state index contributed by atoms with van der Waals surface area (Å²) in [5.74, 6) is 0.703. The molecule has 0 amide bonds. The molecule has 0 spiro atoms. The number of anilines is 2. The first kappa shape index (κ1) is 25.4. The molecular weight excluding hydrogens is 480 g/mol. The molecule has 0 saturated heterocycles. The van der Waals surface area contributed by atoms with Gasteiger partial charge in [0, 0.05) is 30.9 Å². The first-order valence-corrected chi connectivity index (χ1v) is 14.4. The maximum atomic E-state index is 14.2. The Morgan fingerprint density at radius 1 is 1.09 bits per heavy atom. The monoisotopic (exact) mass is 512 g/mol. The summed E-state index contributed by atoms with van der Waals surface area (Å²) in [6.07, 6.45) is 4.51. The number of methoxy groups -OCH3 is 1. The number of fused-ring (bicyclic) bond motifs is 1. The highest BCUT2D eigenvalue weighted by atomic mass is 32.2. The van der Waals surface area contributed by atoms with E-state index >= 15 is 0 Å². The van der Waals surface area contributed by atoms with Gasteiger partial charge in [-0.3, -0.25) is 0 Å². The predicted octanol–water partition coefficient (Wildman–Crippen LogP) is 6.02. The molecule has 0 aliphatic carbocycles. The molecule has 1 aliphatic heterocycles. The number of para-hydroxylation sites is 1. The third-order valence-corrected chi connectivity index (χ3v) is 9.09. The Morgan fingerprint density at radius 2 is 1.80 bits per heavy atom. The van der Waals surface area contributed by atoms with Crippen LogP contribution in [0.2, 0.25) is 0 Å². The van der Waals surface area contributed by atoms with Crippen molar-refractivity contribution in [1.82, 2.24) is 4.31 Å². The van der Waals surface area contributed by atoms with Gasteiger partial charge in [0.05, 0.1) is 17.7 Å². The minimum absolute atomic E-state index is 0.0238. The largest absolute Gasteiger partial charge is 0.507 e. The molecule has 1 aliphatic rings. The van der Waals surface area contributed by atoms with Crippen LogP contribution in [-0.2, 0) is 16.6 Å². The van der Waals surface area contributed by atoms with Gasteiger partial charge in [0.15, 0.2) is 0 Å². The smallest absolute Gasteiger partial charge is 0.245 e. The number of nitrogens with zero attached hydrogens (tertiary/aromatic N) is 2. The molecule has 4 rings (SSSR count). The molecule has 0 fully saturated rings. The summed E-state index contributed by atoms with van der Waals surface area (Å²) < 4.78 is 35.3. The summed E-state index contributed by atoms with van der Waals surface area (Å²) in [7, 11) is -2.30. The van der Waals surface area contributed by atoms with E-state index in [1.165, 1.54) is 17.8 Å². The number of hydrogen-bond donors (Lipinski definition) is 1. The van der Waals surface area contributed by atoms with E-state index in [1.807, 2.05) is 60.9 Å². The van der Waals surface area contributed by atoms with Crippen LogP contribution in [0.15, 0.2) is 76.5 Å². The summed E-state index contributed by atoms with van der Waals surface area (Å²) in [5.41, 5.74) is 2.40. The number of hydrogen-bond acceptors (Lipinski definition) is 6. The van der Waals surface area contributed by atoms with E-state index in [0.29, 0.717) is 17.1 Å². The fourth-order valence-corrected chi connectivity index (χ4v) is 6.82. The van der Waals surface area contributed by atoms with Gasteiger partial charge in [-0.1, -0.05) is 50.1 Å². The minimum atomic E-state index is -3.91. The number of rotatable bonds is 8. The molecule has 1 heterocycles. The number of unbranched alkanes of at least 4 members (excludes halogenated alkanes) is 1. The standard InChI is InChI=1S/C27H32N2O4S2/c1-4-5-9-22-19-28(21-10-7-6-8-11-21)24-16-26(34-3)25(30)17-27(24)35(31,32)29(22)18-20-12-14-23(33-2)15-13-20/h6-8,10-17,22,30H,4-5,9,18-19H2,1-3H3. The summed E-state index contributed by atoms with van der Waals surface area (Å²) in [4.78, 5) is 2.86. The molecule has 1 unspecified atom stereocenters. The number of sulfonamides is 1. The molecule has 0 saturated carbocycles. The van der Waals surface area contributed by atoms with E-state index < -0.39 is 10.0 Å². The molecule has 1 atom stereocenters. The first-order valence-electron chi connectivity index (χ1n) is 11.8. The fraction of sp³-hybridized carbons (Fsp3) is 0.333. The molecule has 186 valence electrons. The maximum absolute atomic E-state index is 14.2. The van der Waals surface area contributed by atoms with Crippen LogP contribution in [0, 0.1) is 0 Å². The molecule has 35 heavy (non-hydrogen) atoms. The third kappa shape index (κ3) is 5.29. The zero-order chi connectivity index (χ0) is 25.0. The fourth-order valence-electron chi connectivity index (χ4n) is 4.49. The number of thioether (sulfide) groups is 1. The Bertz CT molecular complexity index is 1250. The summed E-state index contributed by atoms with van der Waals surface area (Å²) >= 11 is 1.40. The van der Waals surface area contributed by atoms with Crippen LogP contribution in [0.5, 0.6) is 11.5 Å². The highest BCUT2D eigenvalue weighted by molar-refractivity contribution is 7.98. The molecular formula is C27H32N2O4S2. The molecule has 3 aromatic rings. The lowest BCUT2D eigenvalue weighted by atomic mass is 10.1. The van der Waals surface area contributed by atoms with E-state index in [-0.39, 0.29) is 23.2 Å². The SMILES string of the molecule is CCCCC1CN(c2ccccc2)c2cc(SC)c(O)cc2S(=O)(=O)N1Cc1ccc(OC)cc1. The van der Waals surface area contributed by atoms with Crippen LogP contribution in [0.3, 0.4) is 0 Å². The highest BCUT2D eigenvalue weighted by Gasteiger charge is 2.39. The molecule has 0 radical (unpaired) electrons. The van der Waals surface area contributed by atoms with Gasteiger partial charge in [-0.05, 0) is 48.6 Å². The quantitative estimate of drug-likeness (QED) is 0.372. The van der Waals surface area contributed by atoms with Gasteiger partial charge in [0.25, 0.3) is 0 Å². The number of benzene rings is 3. The van der Waals surface area contributed by atoms with E-state index in [1.54, 1.807) is 17.5 Å². The normalized spacial score (nSPS) is 17.6. The van der Waals surface area contributed by atoms with E-state index in [2.05, 4.69) is 11.8 Å². The summed E-state index contributed by atoms with van der Waals surface area (Å²) in [6.45, 7) is 2.88. The van der Waals surface area contributed by atoms with Gasteiger partial charge in [-0.25, -0.2) is 8.42 Å². The lowest BCUT2D eigenvalue weighted by Gasteiger charge is -2.31. The topological polar surface area (TPSA) is 70.1 Å². The Morgan fingerprint density at radius 3 is 2.43 bits per heavy atom. The Hall–Kier alpha value is -2.68.